The number of nitrogens with zero attached hydrogens (tertiary/aromatic N) is 2. The average Bonchev–Trinajstić information content (AvgIpc) is 2.37. The van der Waals surface area contributed by atoms with Gasteiger partial charge in [0.25, 0.3) is 0 Å². The molecule has 19 heavy (non-hydrogen) atoms. The molecule has 2 aromatic rings. The summed E-state index contributed by atoms with van der Waals surface area (Å²) in [6.07, 6.45) is -4.59. The van der Waals surface area contributed by atoms with E-state index in [1.165, 1.54) is 25.2 Å². The Kier molecular flexibility index (Phi) is 3.37. The Balaban J connectivity index is 2.57. The van der Waals surface area contributed by atoms with Crippen LogP contribution in [0.2, 0.25) is 0 Å². The molecule has 0 saturated carbocycles. The molecule has 0 radical (unpaired) electrons. The molecule has 0 bridgehead atoms. The summed E-state index contributed by atoms with van der Waals surface area (Å²) in [5.41, 5.74) is -0.818. The molecule has 7 heteroatoms. The molecule has 0 fully saturated rings. The molecule has 1 aromatic carbocycles. The van der Waals surface area contributed by atoms with Crippen molar-refractivity contribution in [1.29, 1.82) is 0 Å². The Labute approximate surface area is 106 Å². The van der Waals surface area contributed by atoms with Gasteiger partial charge >= 0.3 is 6.18 Å². The molecule has 0 aliphatic heterocycles. The molecular weight excluding hydrogens is 262 g/mol. The van der Waals surface area contributed by atoms with Gasteiger partial charge in [-0.1, -0.05) is 12.1 Å². The van der Waals surface area contributed by atoms with Crippen LogP contribution in [0.4, 0.5) is 23.5 Å². The average molecular weight is 271 g/mol. The zero-order valence-corrected chi connectivity index (χ0v) is 9.79. The Morgan fingerprint density at radius 3 is 2.42 bits per heavy atom. The van der Waals surface area contributed by atoms with E-state index in [9.17, 15) is 17.6 Å². The molecule has 0 unspecified atom stereocenters. The third kappa shape index (κ3) is 2.98. The third-order valence-corrected chi connectivity index (χ3v) is 2.36. The van der Waals surface area contributed by atoms with E-state index >= 15 is 0 Å². The Bertz CT molecular complexity index is 596. The van der Waals surface area contributed by atoms with E-state index in [1.807, 2.05) is 0 Å². The van der Waals surface area contributed by atoms with Crippen molar-refractivity contribution in [3.63, 3.8) is 0 Å². The SMILES string of the molecule is CNc1nc(-c2cccc(F)c2)cc(C(F)(F)F)n1. The molecule has 0 spiro atoms. The smallest absolute Gasteiger partial charge is 0.357 e. The molecule has 0 atom stereocenters. The van der Waals surface area contributed by atoms with Crippen LogP contribution >= 0.6 is 0 Å². The van der Waals surface area contributed by atoms with E-state index in [0.29, 0.717) is 0 Å². The van der Waals surface area contributed by atoms with Crippen molar-refractivity contribution >= 4 is 5.95 Å². The highest BCUT2D eigenvalue weighted by Gasteiger charge is 2.33. The van der Waals surface area contributed by atoms with Crippen LogP contribution in [0.3, 0.4) is 0 Å². The number of hydrogen-bond acceptors (Lipinski definition) is 3. The molecule has 2 rings (SSSR count). The van der Waals surface area contributed by atoms with Gasteiger partial charge in [-0.05, 0) is 18.2 Å². The molecule has 0 aliphatic carbocycles. The van der Waals surface area contributed by atoms with Gasteiger partial charge < -0.3 is 5.32 Å². The maximum atomic E-state index is 13.1. The summed E-state index contributed by atoms with van der Waals surface area (Å²) >= 11 is 0. The number of hydrogen-bond donors (Lipinski definition) is 1. The van der Waals surface area contributed by atoms with E-state index in [1.54, 1.807) is 0 Å². The maximum Gasteiger partial charge on any atom is 0.433 e. The van der Waals surface area contributed by atoms with Crippen LogP contribution in [0.15, 0.2) is 30.3 Å². The summed E-state index contributed by atoms with van der Waals surface area (Å²) in [5, 5.41) is 2.45. The fourth-order valence-corrected chi connectivity index (χ4v) is 1.50. The summed E-state index contributed by atoms with van der Waals surface area (Å²) in [5.74, 6) is -0.718. The number of nitrogens with one attached hydrogen (secondary N) is 1. The van der Waals surface area contributed by atoms with E-state index in [4.69, 9.17) is 0 Å². The summed E-state index contributed by atoms with van der Waals surface area (Å²) in [7, 11) is 1.41. The van der Waals surface area contributed by atoms with Crippen LogP contribution in [0.25, 0.3) is 11.3 Å². The summed E-state index contributed by atoms with van der Waals surface area (Å²) < 4.78 is 51.1. The van der Waals surface area contributed by atoms with Crippen LogP contribution < -0.4 is 5.32 Å². The number of alkyl halides is 3. The van der Waals surface area contributed by atoms with Crippen LogP contribution in [0, 0.1) is 5.82 Å². The monoisotopic (exact) mass is 271 g/mol. The standard InChI is InChI=1S/C12H9F4N3/c1-17-11-18-9(6-10(19-11)12(14,15)16)7-3-2-4-8(13)5-7/h2-6H,1H3,(H,17,18,19). The molecule has 100 valence electrons. The summed E-state index contributed by atoms with van der Waals surface area (Å²) in [6.45, 7) is 0. The lowest BCUT2D eigenvalue weighted by molar-refractivity contribution is -0.141. The van der Waals surface area contributed by atoms with Gasteiger partial charge in [0.05, 0.1) is 5.69 Å². The molecule has 1 N–H and O–H groups in total. The van der Waals surface area contributed by atoms with Crippen molar-refractivity contribution in [2.45, 2.75) is 6.18 Å². The van der Waals surface area contributed by atoms with Crippen molar-refractivity contribution in [2.75, 3.05) is 12.4 Å². The topological polar surface area (TPSA) is 37.8 Å². The first-order chi connectivity index (χ1) is 8.90. The summed E-state index contributed by atoms with van der Waals surface area (Å²) in [4.78, 5) is 7.22. The lowest BCUT2D eigenvalue weighted by atomic mass is 10.1. The lowest BCUT2D eigenvalue weighted by Gasteiger charge is -2.10. The fourth-order valence-electron chi connectivity index (χ4n) is 1.50. The van der Waals surface area contributed by atoms with Crippen molar-refractivity contribution < 1.29 is 17.6 Å². The van der Waals surface area contributed by atoms with Crippen LogP contribution in [0.1, 0.15) is 5.69 Å². The third-order valence-electron chi connectivity index (χ3n) is 2.36. The second kappa shape index (κ2) is 4.83. The highest BCUT2D eigenvalue weighted by molar-refractivity contribution is 5.61. The Morgan fingerprint density at radius 1 is 1.11 bits per heavy atom. The zero-order chi connectivity index (χ0) is 14.0. The number of rotatable bonds is 2. The molecule has 0 aliphatic rings. The fraction of sp³-hybridized carbons (Fsp3) is 0.167. The Hall–Kier alpha value is -2.18. The second-order valence-corrected chi connectivity index (χ2v) is 3.72. The van der Waals surface area contributed by atoms with Gasteiger partial charge in [0.15, 0.2) is 5.69 Å². The van der Waals surface area contributed by atoms with Gasteiger partial charge in [-0.25, -0.2) is 14.4 Å². The molecular formula is C12H9F4N3. The van der Waals surface area contributed by atoms with Gasteiger partial charge in [0.2, 0.25) is 5.95 Å². The number of benzene rings is 1. The van der Waals surface area contributed by atoms with Crippen molar-refractivity contribution in [2.24, 2.45) is 0 Å². The highest BCUT2D eigenvalue weighted by Crippen LogP contribution is 2.31. The van der Waals surface area contributed by atoms with E-state index in [0.717, 1.165) is 12.1 Å². The molecule has 3 nitrogen and oxygen atoms in total. The van der Waals surface area contributed by atoms with Gasteiger partial charge in [-0.3, -0.25) is 0 Å². The molecule has 1 aromatic heterocycles. The molecule has 0 amide bonds. The largest absolute Gasteiger partial charge is 0.433 e. The van der Waals surface area contributed by atoms with Crippen LogP contribution in [-0.4, -0.2) is 17.0 Å². The zero-order valence-electron chi connectivity index (χ0n) is 9.79. The second-order valence-electron chi connectivity index (χ2n) is 3.72. The van der Waals surface area contributed by atoms with Crippen LogP contribution in [0.5, 0.6) is 0 Å². The maximum absolute atomic E-state index is 13.1. The van der Waals surface area contributed by atoms with Crippen LogP contribution in [-0.2, 0) is 6.18 Å². The first kappa shape index (κ1) is 13.3. The van der Waals surface area contributed by atoms with E-state index < -0.39 is 17.7 Å². The first-order valence-electron chi connectivity index (χ1n) is 5.30. The van der Waals surface area contributed by atoms with Gasteiger partial charge in [-0.2, -0.15) is 13.2 Å². The van der Waals surface area contributed by atoms with Gasteiger partial charge in [-0.15, -0.1) is 0 Å². The van der Waals surface area contributed by atoms with E-state index in [-0.39, 0.29) is 17.2 Å². The predicted molar refractivity (Wildman–Crippen MR) is 62.0 cm³/mol. The molecule has 1 heterocycles. The number of halogens is 4. The minimum absolute atomic E-state index is 0.00572. The normalized spacial score (nSPS) is 11.4. The van der Waals surface area contributed by atoms with Crippen molar-refractivity contribution in [3.05, 3.63) is 41.8 Å². The number of anilines is 1. The Morgan fingerprint density at radius 2 is 1.84 bits per heavy atom. The minimum atomic E-state index is -4.59. The van der Waals surface area contributed by atoms with E-state index in [2.05, 4.69) is 15.3 Å². The van der Waals surface area contributed by atoms with Gasteiger partial charge in [0.1, 0.15) is 5.82 Å². The summed E-state index contributed by atoms with van der Waals surface area (Å²) in [6, 6.07) is 5.98. The van der Waals surface area contributed by atoms with Crippen molar-refractivity contribution in [3.8, 4) is 11.3 Å². The lowest BCUT2D eigenvalue weighted by Crippen LogP contribution is -2.11. The number of aromatic nitrogens is 2. The highest BCUT2D eigenvalue weighted by atomic mass is 19.4. The van der Waals surface area contributed by atoms with Gasteiger partial charge in [0, 0.05) is 12.6 Å². The molecule has 0 saturated heterocycles. The minimum Gasteiger partial charge on any atom is -0.357 e. The van der Waals surface area contributed by atoms with Crippen molar-refractivity contribution in [1.82, 2.24) is 9.97 Å². The first-order valence-corrected chi connectivity index (χ1v) is 5.30. The predicted octanol–water partition coefficient (Wildman–Crippen LogP) is 3.34. The quantitative estimate of drug-likeness (QED) is 0.851.